The molecular weight excluding hydrogens is 356 g/mol. The number of hydrogen-bond donors (Lipinski definition) is 2. The van der Waals surface area contributed by atoms with Crippen molar-refractivity contribution in [2.24, 2.45) is 0 Å². The Morgan fingerprint density at radius 2 is 1.82 bits per heavy atom. The van der Waals surface area contributed by atoms with Crippen molar-refractivity contribution in [2.75, 3.05) is 12.4 Å². The predicted molar refractivity (Wildman–Crippen MR) is 107 cm³/mol. The van der Waals surface area contributed by atoms with Gasteiger partial charge in [-0.05, 0) is 42.0 Å². The largest absolute Gasteiger partial charge is 0.496 e. The number of methoxy groups -OCH3 is 1. The first-order chi connectivity index (χ1) is 13.7. The minimum Gasteiger partial charge on any atom is -0.496 e. The number of ether oxygens (including phenoxy) is 1. The molecule has 0 saturated heterocycles. The average molecular weight is 376 g/mol. The molecule has 0 bridgehead atoms. The smallest absolute Gasteiger partial charge is 0.291 e. The van der Waals surface area contributed by atoms with Gasteiger partial charge in [0.15, 0.2) is 5.76 Å². The molecule has 0 aliphatic heterocycles. The first kappa shape index (κ1) is 19.0. The van der Waals surface area contributed by atoms with Crippen molar-refractivity contribution in [3.8, 4) is 5.75 Å². The quantitative estimate of drug-likeness (QED) is 0.614. The number of furan rings is 1. The normalized spacial score (nSPS) is 10.6. The van der Waals surface area contributed by atoms with Crippen molar-refractivity contribution in [3.63, 3.8) is 0 Å². The lowest BCUT2D eigenvalue weighted by molar-refractivity contribution is -0.116. The second-order valence-corrected chi connectivity index (χ2v) is 5.92. The van der Waals surface area contributed by atoms with E-state index in [1.165, 1.54) is 12.3 Å². The third-order valence-corrected chi connectivity index (χ3v) is 3.98. The van der Waals surface area contributed by atoms with Gasteiger partial charge >= 0.3 is 0 Å². The second-order valence-electron chi connectivity index (χ2n) is 5.92. The van der Waals surface area contributed by atoms with Crippen LogP contribution >= 0.6 is 0 Å². The zero-order valence-electron chi connectivity index (χ0n) is 15.3. The van der Waals surface area contributed by atoms with Gasteiger partial charge in [0.1, 0.15) is 5.75 Å². The van der Waals surface area contributed by atoms with Gasteiger partial charge < -0.3 is 19.8 Å². The highest BCUT2D eigenvalue weighted by Gasteiger charge is 2.08. The fourth-order valence-electron chi connectivity index (χ4n) is 2.52. The molecule has 0 fully saturated rings. The van der Waals surface area contributed by atoms with Crippen LogP contribution in [0.1, 0.15) is 21.7 Å². The number of benzene rings is 2. The molecular formula is C22H20N2O4. The molecule has 3 rings (SSSR count). The van der Waals surface area contributed by atoms with Crippen molar-refractivity contribution in [3.05, 3.63) is 89.9 Å². The molecule has 0 unspecified atom stereocenters. The summed E-state index contributed by atoms with van der Waals surface area (Å²) in [5.74, 6) is 0.436. The van der Waals surface area contributed by atoms with Gasteiger partial charge in [-0.1, -0.05) is 30.3 Å². The Hall–Kier alpha value is -3.80. The highest BCUT2D eigenvalue weighted by molar-refractivity contribution is 6.02. The summed E-state index contributed by atoms with van der Waals surface area (Å²) in [6.45, 7) is 0.376. The van der Waals surface area contributed by atoms with Gasteiger partial charge in [0.25, 0.3) is 5.91 Å². The molecule has 1 aromatic heterocycles. The van der Waals surface area contributed by atoms with E-state index in [4.69, 9.17) is 9.15 Å². The summed E-state index contributed by atoms with van der Waals surface area (Å²) >= 11 is 0. The van der Waals surface area contributed by atoms with E-state index in [-0.39, 0.29) is 17.6 Å². The number of anilines is 1. The summed E-state index contributed by atoms with van der Waals surface area (Å²) in [5, 5.41) is 5.56. The van der Waals surface area contributed by atoms with Crippen LogP contribution in [0.3, 0.4) is 0 Å². The summed E-state index contributed by atoms with van der Waals surface area (Å²) in [7, 11) is 1.59. The van der Waals surface area contributed by atoms with Crippen LogP contribution in [0.4, 0.5) is 5.69 Å². The van der Waals surface area contributed by atoms with Crippen LogP contribution in [0.15, 0.2) is 77.4 Å². The lowest BCUT2D eigenvalue weighted by atomic mass is 10.2. The molecule has 2 aromatic carbocycles. The van der Waals surface area contributed by atoms with E-state index >= 15 is 0 Å². The summed E-state index contributed by atoms with van der Waals surface area (Å²) in [6.07, 6.45) is 4.63. The van der Waals surface area contributed by atoms with Crippen molar-refractivity contribution in [1.29, 1.82) is 0 Å². The van der Waals surface area contributed by atoms with Gasteiger partial charge in [-0.15, -0.1) is 0 Å². The molecule has 0 radical (unpaired) electrons. The molecule has 6 nitrogen and oxygen atoms in total. The Bertz CT molecular complexity index is 960. The van der Waals surface area contributed by atoms with Crippen molar-refractivity contribution in [1.82, 2.24) is 5.32 Å². The minimum atomic E-state index is -0.312. The van der Waals surface area contributed by atoms with Gasteiger partial charge in [0, 0.05) is 23.9 Å². The van der Waals surface area contributed by atoms with Crippen LogP contribution in [0.2, 0.25) is 0 Å². The lowest BCUT2D eigenvalue weighted by Crippen LogP contribution is -2.20. The van der Waals surface area contributed by atoms with E-state index < -0.39 is 0 Å². The minimum absolute atomic E-state index is 0.207. The Morgan fingerprint density at radius 3 is 2.54 bits per heavy atom. The molecule has 6 heteroatoms. The molecule has 2 amide bonds. The molecule has 142 valence electrons. The molecule has 1 heterocycles. The maximum absolute atomic E-state index is 12.0. The molecule has 28 heavy (non-hydrogen) atoms. The van der Waals surface area contributed by atoms with E-state index in [1.54, 1.807) is 37.5 Å². The Balaban J connectivity index is 1.51. The predicted octanol–water partition coefficient (Wildman–Crippen LogP) is 3.87. The monoisotopic (exact) mass is 376 g/mol. The van der Waals surface area contributed by atoms with E-state index in [0.29, 0.717) is 18.0 Å². The van der Waals surface area contributed by atoms with Crippen LogP contribution in [0.5, 0.6) is 5.75 Å². The number of para-hydroxylation sites is 1. The first-order valence-corrected chi connectivity index (χ1v) is 8.68. The number of carbonyl (C=O) groups excluding carboxylic acids is 2. The summed E-state index contributed by atoms with van der Waals surface area (Å²) in [4.78, 5) is 24.0. The molecule has 3 aromatic rings. The third kappa shape index (κ3) is 5.11. The fourth-order valence-corrected chi connectivity index (χ4v) is 2.52. The highest BCUT2D eigenvalue weighted by Crippen LogP contribution is 2.18. The maximum Gasteiger partial charge on any atom is 0.291 e. The van der Waals surface area contributed by atoms with Gasteiger partial charge in [-0.25, -0.2) is 0 Å². The lowest BCUT2D eigenvalue weighted by Gasteiger charge is -2.06. The molecule has 0 spiro atoms. The molecule has 0 atom stereocenters. The van der Waals surface area contributed by atoms with Crippen molar-refractivity contribution < 1.29 is 18.7 Å². The molecule has 0 saturated carbocycles. The van der Waals surface area contributed by atoms with Crippen LogP contribution in [0.25, 0.3) is 6.08 Å². The number of hydrogen-bond acceptors (Lipinski definition) is 4. The van der Waals surface area contributed by atoms with E-state index in [0.717, 1.165) is 11.1 Å². The van der Waals surface area contributed by atoms with Crippen LogP contribution < -0.4 is 15.4 Å². The van der Waals surface area contributed by atoms with Crippen LogP contribution in [-0.2, 0) is 11.3 Å². The Kier molecular flexibility index (Phi) is 6.25. The van der Waals surface area contributed by atoms with Crippen molar-refractivity contribution >= 4 is 23.6 Å². The van der Waals surface area contributed by atoms with Crippen molar-refractivity contribution in [2.45, 2.75) is 6.54 Å². The number of carbonyl (C=O) groups is 2. The summed E-state index contributed by atoms with van der Waals surface area (Å²) in [6, 6.07) is 17.9. The average Bonchev–Trinajstić information content (AvgIpc) is 3.27. The van der Waals surface area contributed by atoms with E-state index in [9.17, 15) is 9.59 Å². The Morgan fingerprint density at radius 1 is 1.04 bits per heavy atom. The molecule has 2 N–H and O–H groups in total. The van der Waals surface area contributed by atoms with E-state index in [1.807, 2.05) is 36.4 Å². The maximum atomic E-state index is 12.0. The molecule has 0 aliphatic carbocycles. The van der Waals surface area contributed by atoms with Crippen LogP contribution in [0, 0.1) is 0 Å². The van der Waals surface area contributed by atoms with Gasteiger partial charge in [0.2, 0.25) is 5.91 Å². The van der Waals surface area contributed by atoms with Gasteiger partial charge in [-0.2, -0.15) is 0 Å². The van der Waals surface area contributed by atoms with Gasteiger partial charge in [-0.3, -0.25) is 9.59 Å². The zero-order chi connectivity index (χ0) is 19.8. The fraction of sp³-hybridized carbons (Fsp3) is 0.0909. The van der Waals surface area contributed by atoms with Gasteiger partial charge in [0.05, 0.1) is 13.4 Å². The summed E-state index contributed by atoms with van der Waals surface area (Å²) in [5.41, 5.74) is 2.39. The standard InChI is InChI=1S/C22H20N2O4/c1-27-19-6-3-2-5-17(19)10-13-21(25)23-15-16-8-11-18(12-9-16)24-22(26)20-7-4-14-28-20/h2-14H,15H2,1H3,(H,23,25)(H,24,26)/b13-10+. The number of nitrogens with one attached hydrogen (secondary N) is 2. The van der Waals surface area contributed by atoms with E-state index in [2.05, 4.69) is 10.6 Å². The van der Waals surface area contributed by atoms with Crippen LogP contribution in [-0.4, -0.2) is 18.9 Å². The molecule has 0 aliphatic rings. The highest BCUT2D eigenvalue weighted by atomic mass is 16.5. The first-order valence-electron chi connectivity index (χ1n) is 8.68. The third-order valence-electron chi connectivity index (χ3n) is 3.98. The second kappa shape index (κ2) is 9.23. The zero-order valence-corrected chi connectivity index (χ0v) is 15.3. The Labute approximate surface area is 162 Å². The topological polar surface area (TPSA) is 80.6 Å². The number of rotatable bonds is 7. The SMILES string of the molecule is COc1ccccc1/C=C/C(=O)NCc1ccc(NC(=O)c2ccco2)cc1. The summed E-state index contributed by atoms with van der Waals surface area (Å²) < 4.78 is 10.3. The number of amides is 2.